The molecule has 1 N–H and O–H groups in total. The summed E-state index contributed by atoms with van der Waals surface area (Å²) < 4.78 is 26.5. The molecule has 1 heterocycles. The Labute approximate surface area is 147 Å². The van der Waals surface area contributed by atoms with Gasteiger partial charge in [-0.2, -0.15) is 8.42 Å². The van der Waals surface area contributed by atoms with Crippen molar-refractivity contribution in [2.45, 2.75) is 49.5 Å². The lowest BCUT2D eigenvalue weighted by atomic mass is 9.68. The molecule has 0 fully saturated rings. The van der Waals surface area contributed by atoms with Crippen LogP contribution in [-0.2, 0) is 20.2 Å². The molecular weight excluding hydrogens is 338 g/mol. The number of fused-ring (bicyclic) bond motifs is 1. The van der Waals surface area contributed by atoms with E-state index in [0.29, 0.717) is 0 Å². The maximum Gasteiger partial charge on any atom is 0.283 e. The van der Waals surface area contributed by atoms with Crippen LogP contribution >= 0.6 is 0 Å². The number of carbonyl (C=O) groups excluding carboxylic acids is 1. The Bertz CT molecular complexity index is 879. The molecule has 6 nitrogen and oxygen atoms in total. The second kappa shape index (κ2) is 6.55. The number of nitrogens with zero attached hydrogens (tertiary/aromatic N) is 2. The van der Waals surface area contributed by atoms with Gasteiger partial charge in [-0.3, -0.25) is 9.78 Å². The molecule has 0 aliphatic heterocycles. The predicted octanol–water partition coefficient (Wildman–Crippen LogP) is 2.53. The highest BCUT2D eigenvalue weighted by molar-refractivity contribution is 7.90. The molecule has 1 atom stereocenters. The molecule has 2 aromatic rings. The quantitative estimate of drug-likeness (QED) is 0.906. The normalized spacial score (nSPS) is 19.0. The molecule has 3 rings (SSSR count). The Hall–Kier alpha value is -2.28. The maximum atomic E-state index is 12.3. The molecule has 0 radical (unpaired) electrons. The molecule has 1 aliphatic carbocycles. The Morgan fingerprint density at radius 1 is 1.28 bits per heavy atom. The maximum absolute atomic E-state index is 12.3. The van der Waals surface area contributed by atoms with Crippen molar-refractivity contribution >= 4 is 15.9 Å². The van der Waals surface area contributed by atoms with E-state index >= 15 is 0 Å². The first-order valence-electron chi connectivity index (χ1n) is 8.21. The molecule has 132 valence electrons. The number of hydrogen-bond donors (Lipinski definition) is 1. The minimum Gasteiger partial charge on any atom is -0.274 e. The number of amides is 1. The van der Waals surface area contributed by atoms with E-state index in [1.165, 1.54) is 18.0 Å². The standard InChI is InChI=1S/C18H21N3O3S/c1-18(2)8-7-13(14-5-3-4-6-15(14)18)11-16(22)21-25(23,24)17-12-19-9-10-20-17/h3-6,9-10,12-13H,7-8,11H2,1-2H3,(H,21,22). The first kappa shape index (κ1) is 17.5. The van der Waals surface area contributed by atoms with Gasteiger partial charge in [0, 0.05) is 18.8 Å². The van der Waals surface area contributed by atoms with Gasteiger partial charge in [-0.05, 0) is 35.3 Å². The van der Waals surface area contributed by atoms with Crippen molar-refractivity contribution in [2.75, 3.05) is 0 Å². The molecule has 1 amide bonds. The number of sulfonamides is 1. The topological polar surface area (TPSA) is 89.0 Å². The summed E-state index contributed by atoms with van der Waals surface area (Å²) in [6.45, 7) is 4.39. The van der Waals surface area contributed by atoms with Crippen molar-refractivity contribution in [3.8, 4) is 0 Å². The van der Waals surface area contributed by atoms with Crippen LogP contribution in [0.5, 0.6) is 0 Å². The van der Waals surface area contributed by atoms with Gasteiger partial charge in [0.2, 0.25) is 5.91 Å². The number of hydrogen-bond acceptors (Lipinski definition) is 5. The molecular formula is C18H21N3O3S. The van der Waals surface area contributed by atoms with Gasteiger partial charge >= 0.3 is 0 Å². The van der Waals surface area contributed by atoms with Gasteiger partial charge in [-0.1, -0.05) is 38.1 Å². The van der Waals surface area contributed by atoms with Gasteiger partial charge in [-0.25, -0.2) is 9.71 Å². The fourth-order valence-electron chi connectivity index (χ4n) is 3.40. The van der Waals surface area contributed by atoms with Crippen molar-refractivity contribution in [2.24, 2.45) is 0 Å². The minimum atomic E-state index is -3.98. The molecule has 7 heteroatoms. The summed E-state index contributed by atoms with van der Waals surface area (Å²) in [5.41, 5.74) is 2.43. The zero-order valence-electron chi connectivity index (χ0n) is 14.3. The smallest absolute Gasteiger partial charge is 0.274 e. The van der Waals surface area contributed by atoms with Gasteiger partial charge in [0.15, 0.2) is 5.03 Å². The highest BCUT2D eigenvalue weighted by Gasteiger charge is 2.33. The van der Waals surface area contributed by atoms with Crippen LogP contribution in [0, 0.1) is 0 Å². The van der Waals surface area contributed by atoms with Crippen LogP contribution in [0.25, 0.3) is 0 Å². The highest BCUT2D eigenvalue weighted by Crippen LogP contribution is 2.43. The Kier molecular flexibility index (Phi) is 4.60. The predicted molar refractivity (Wildman–Crippen MR) is 93.4 cm³/mol. The van der Waals surface area contributed by atoms with Crippen LogP contribution in [-0.4, -0.2) is 24.3 Å². The number of benzene rings is 1. The highest BCUT2D eigenvalue weighted by atomic mass is 32.2. The molecule has 1 aromatic heterocycles. The van der Waals surface area contributed by atoms with Crippen molar-refractivity contribution in [1.82, 2.24) is 14.7 Å². The second-order valence-corrected chi connectivity index (χ2v) is 8.61. The van der Waals surface area contributed by atoms with Crippen molar-refractivity contribution in [3.05, 3.63) is 54.0 Å². The molecule has 1 aliphatic rings. The molecule has 0 saturated heterocycles. The average Bonchev–Trinajstić information content (AvgIpc) is 2.58. The third-order valence-corrected chi connectivity index (χ3v) is 6.00. The van der Waals surface area contributed by atoms with E-state index in [0.717, 1.165) is 24.6 Å². The number of nitrogens with one attached hydrogen (secondary N) is 1. The van der Waals surface area contributed by atoms with Gasteiger partial charge in [-0.15, -0.1) is 0 Å². The first-order chi connectivity index (χ1) is 11.8. The van der Waals surface area contributed by atoms with E-state index in [2.05, 4.69) is 34.6 Å². The zero-order valence-corrected chi connectivity index (χ0v) is 15.1. The van der Waals surface area contributed by atoms with Crippen LogP contribution in [0.4, 0.5) is 0 Å². The van der Waals surface area contributed by atoms with Crippen molar-refractivity contribution in [3.63, 3.8) is 0 Å². The summed E-state index contributed by atoms with van der Waals surface area (Å²) in [5, 5.41) is -0.256. The van der Waals surface area contributed by atoms with E-state index in [-0.39, 0.29) is 22.8 Å². The summed E-state index contributed by atoms with van der Waals surface area (Å²) in [6.07, 6.45) is 5.71. The van der Waals surface area contributed by atoms with Gasteiger partial charge < -0.3 is 0 Å². The average molecular weight is 359 g/mol. The van der Waals surface area contributed by atoms with E-state index in [9.17, 15) is 13.2 Å². The molecule has 1 unspecified atom stereocenters. The second-order valence-electron chi connectivity index (χ2n) is 6.98. The van der Waals surface area contributed by atoms with Crippen molar-refractivity contribution < 1.29 is 13.2 Å². The van der Waals surface area contributed by atoms with E-state index in [4.69, 9.17) is 0 Å². The minimum absolute atomic E-state index is 0.0151. The summed E-state index contributed by atoms with van der Waals surface area (Å²) in [5.74, 6) is -0.508. The van der Waals surface area contributed by atoms with Gasteiger partial charge in [0.05, 0.1) is 6.20 Å². The number of rotatable bonds is 4. The van der Waals surface area contributed by atoms with E-state index in [1.807, 2.05) is 18.2 Å². The summed E-state index contributed by atoms with van der Waals surface area (Å²) >= 11 is 0. The fourth-order valence-corrected chi connectivity index (χ4v) is 4.29. The van der Waals surface area contributed by atoms with Gasteiger partial charge in [0.25, 0.3) is 10.0 Å². The Morgan fingerprint density at radius 3 is 2.76 bits per heavy atom. The molecule has 0 bridgehead atoms. The van der Waals surface area contributed by atoms with E-state index < -0.39 is 15.9 Å². The van der Waals surface area contributed by atoms with Crippen LogP contribution in [0.1, 0.15) is 50.2 Å². The Balaban J connectivity index is 1.76. The summed E-state index contributed by atoms with van der Waals surface area (Å²) in [6, 6.07) is 8.09. The van der Waals surface area contributed by atoms with E-state index in [1.54, 1.807) is 0 Å². The lowest BCUT2D eigenvalue weighted by molar-refractivity contribution is -0.119. The largest absolute Gasteiger partial charge is 0.283 e. The SMILES string of the molecule is CC1(C)CCC(CC(=O)NS(=O)(=O)c2cnccn2)c2ccccc21. The lowest BCUT2D eigenvalue weighted by Crippen LogP contribution is -2.34. The third kappa shape index (κ3) is 3.71. The number of carbonyl (C=O) groups is 1. The zero-order chi connectivity index (χ0) is 18.1. The molecule has 0 saturated carbocycles. The van der Waals surface area contributed by atoms with Gasteiger partial charge in [0.1, 0.15) is 0 Å². The molecule has 25 heavy (non-hydrogen) atoms. The molecule has 0 spiro atoms. The summed E-state index contributed by atoms with van der Waals surface area (Å²) in [4.78, 5) is 19.8. The van der Waals surface area contributed by atoms with Crippen LogP contribution in [0.15, 0.2) is 47.9 Å². The summed E-state index contributed by atoms with van der Waals surface area (Å²) in [7, 11) is -3.98. The van der Waals surface area contributed by atoms with Crippen molar-refractivity contribution in [1.29, 1.82) is 0 Å². The molecule has 1 aromatic carbocycles. The van der Waals surface area contributed by atoms with Crippen LogP contribution in [0.2, 0.25) is 0 Å². The monoisotopic (exact) mass is 359 g/mol. The van der Waals surface area contributed by atoms with Crippen LogP contribution in [0.3, 0.4) is 0 Å². The number of aromatic nitrogens is 2. The lowest BCUT2D eigenvalue weighted by Gasteiger charge is -2.37. The fraction of sp³-hybridized carbons (Fsp3) is 0.389. The Morgan fingerprint density at radius 2 is 2.04 bits per heavy atom. The first-order valence-corrected chi connectivity index (χ1v) is 9.69. The third-order valence-electron chi connectivity index (χ3n) is 4.74. The van der Waals surface area contributed by atoms with Crippen LogP contribution < -0.4 is 4.72 Å².